The Morgan fingerprint density at radius 1 is 1.33 bits per heavy atom. The molecule has 1 saturated heterocycles. The van der Waals surface area contributed by atoms with Crippen LogP contribution < -0.4 is 0 Å². The number of rotatable bonds is 5. The summed E-state index contributed by atoms with van der Waals surface area (Å²) in [7, 11) is 0. The molecule has 0 amide bonds. The largest absolute Gasteiger partial charge is 0.465 e. The SMILES string of the molecule is CCOC(=O)C1CCCCN1CC(=O)OC(C)C. The van der Waals surface area contributed by atoms with Gasteiger partial charge in [-0.3, -0.25) is 14.5 Å². The van der Waals surface area contributed by atoms with Gasteiger partial charge in [-0.1, -0.05) is 6.42 Å². The third-order valence-electron chi connectivity index (χ3n) is 2.87. The molecule has 1 atom stereocenters. The lowest BCUT2D eigenvalue weighted by atomic mass is 10.0. The lowest BCUT2D eigenvalue weighted by molar-refractivity contribution is -0.155. The van der Waals surface area contributed by atoms with Crippen molar-refractivity contribution >= 4 is 11.9 Å². The van der Waals surface area contributed by atoms with Crippen LogP contribution in [0.25, 0.3) is 0 Å². The fourth-order valence-electron chi connectivity index (χ4n) is 2.15. The first-order chi connectivity index (χ1) is 8.54. The Balaban J connectivity index is 2.54. The monoisotopic (exact) mass is 257 g/mol. The minimum absolute atomic E-state index is 0.122. The van der Waals surface area contributed by atoms with Gasteiger partial charge in [-0.2, -0.15) is 0 Å². The Hall–Kier alpha value is -1.10. The minimum Gasteiger partial charge on any atom is -0.465 e. The van der Waals surface area contributed by atoms with E-state index in [1.165, 1.54) is 0 Å². The molecule has 0 bridgehead atoms. The van der Waals surface area contributed by atoms with Crippen LogP contribution in [0.4, 0.5) is 0 Å². The van der Waals surface area contributed by atoms with Crippen molar-refractivity contribution in [3.8, 4) is 0 Å². The summed E-state index contributed by atoms with van der Waals surface area (Å²) in [5.74, 6) is -0.504. The van der Waals surface area contributed by atoms with Crippen molar-refractivity contribution in [2.45, 2.75) is 52.2 Å². The average Bonchev–Trinajstić information content (AvgIpc) is 2.28. The zero-order valence-electron chi connectivity index (χ0n) is 11.5. The van der Waals surface area contributed by atoms with E-state index < -0.39 is 0 Å². The van der Waals surface area contributed by atoms with Gasteiger partial charge in [0.2, 0.25) is 0 Å². The van der Waals surface area contributed by atoms with Crippen molar-refractivity contribution in [2.75, 3.05) is 19.7 Å². The van der Waals surface area contributed by atoms with Gasteiger partial charge in [0.05, 0.1) is 19.3 Å². The second-order valence-electron chi connectivity index (χ2n) is 4.77. The van der Waals surface area contributed by atoms with Crippen molar-refractivity contribution in [3.05, 3.63) is 0 Å². The van der Waals surface area contributed by atoms with Crippen molar-refractivity contribution < 1.29 is 19.1 Å². The molecule has 1 aliphatic rings. The molecule has 1 aliphatic heterocycles. The Kier molecular flexibility index (Phi) is 6.12. The molecule has 0 saturated carbocycles. The number of hydrogen-bond donors (Lipinski definition) is 0. The van der Waals surface area contributed by atoms with E-state index >= 15 is 0 Å². The predicted octanol–water partition coefficient (Wildman–Crippen LogP) is 1.36. The van der Waals surface area contributed by atoms with Gasteiger partial charge in [0.1, 0.15) is 6.04 Å². The van der Waals surface area contributed by atoms with Crippen LogP contribution in [0.2, 0.25) is 0 Å². The molecular weight excluding hydrogens is 234 g/mol. The molecule has 0 radical (unpaired) electrons. The van der Waals surface area contributed by atoms with Gasteiger partial charge >= 0.3 is 11.9 Å². The van der Waals surface area contributed by atoms with Gasteiger partial charge in [-0.05, 0) is 40.2 Å². The topological polar surface area (TPSA) is 55.8 Å². The first-order valence-electron chi connectivity index (χ1n) is 6.64. The first-order valence-corrected chi connectivity index (χ1v) is 6.64. The van der Waals surface area contributed by atoms with Crippen LogP contribution in [0.15, 0.2) is 0 Å². The third-order valence-corrected chi connectivity index (χ3v) is 2.87. The number of hydrogen-bond acceptors (Lipinski definition) is 5. The summed E-state index contributed by atoms with van der Waals surface area (Å²) < 4.78 is 10.1. The number of nitrogens with zero attached hydrogens (tertiary/aromatic N) is 1. The fraction of sp³-hybridized carbons (Fsp3) is 0.846. The van der Waals surface area contributed by atoms with Gasteiger partial charge in [0.15, 0.2) is 0 Å². The molecule has 0 spiro atoms. The standard InChI is InChI=1S/C13H23NO4/c1-4-17-13(16)11-7-5-6-8-14(11)9-12(15)18-10(2)3/h10-11H,4-9H2,1-3H3. The summed E-state index contributed by atoms with van der Waals surface area (Å²) in [6, 6.07) is -0.293. The highest BCUT2D eigenvalue weighted by molar-refractivity contribution is 5.78. The highest BCUT2D eigenvalue weighted by Gasteiger charge is 2.31. The van der Waals surface area contributed by atoms with Crippen LogP contribution >= 0.6 is 0 Å². The Morgan fingerprint density at radius 2 is 2.06 bits per heavy atom. The average molecular weight is 257 g/mol. The summed E-state index contributed by atoms with van der Waals surface area (Å²) >= 11 is 0. The molecule has 0 aromatic heterocycles. The van der Waals surface area contributed by atoms with Crippen LogP contribution in [-0.2, 0) is 19.1 Å². The van der Waals surface area contributed by atoms with E-state index in [-0.39, 0.29) is 30.6 Å². The molecule has 1 unspecified atom stereocenters. The van der Waals surface area contributed by atoms with Crippen LogP contribution in [0.1, 0.15) is 40.0 Å². The van der Waals surface area contributed by atoms with Gasteiger partial charge in [0.25, 0.3) is 0 Å². The maximum absolute atomic E-state index is 11.8. The van der Waals surface area contributed by atoms with Gasteiger partial charge in [0, 0.05) is 0 Å². The summed E-state index contributed by atoms with van der Waals surface area (Å²) in [5.41, 5.74) is 0. The summed E-state index contributed by atoms with van der Waals surface area (Å²) in [6.45, 7) is 6.71. The summed E-state index contributed by atoms with van der Waals surface area (Å²) in [5, 5.41) is 0. The van der Waals surface area contributed by atoms with E-state index in [1.807, 2.05) is 18.7 Å². The molecule has 1 heterocycles. The van der Waals surface area contributed by atoms with E-state index in [9.17, 15) is 9.59 Å². The molecule has 104 valence electrons. The molecule has 0 N–H and O–H groups in total. The molecule has 0 aliphatic carbocycles. The predicted molar refractivity (Wildman–Crippen MR) is 67.1 cm³/mol. The van der Waals surface area contributed by atoms with Gasteiger partial charge < -0.3 is 9.47 Å². The molecule has 0 aromatic rings. The van der Waals surface area contributed by atoms with Crippen LogP contribution in [0.3, 0.4) is 0 Å². The van der Waals surface area contributed by atoms with Crippen molar-refractivity contribution in [2.24, 2.45) is 0 Å². The van der Waals surface area contributed by atoms with E-state index in [0.29, 0.717) is 6.61 Å². The fourth-order valence-corrected chi connectivity index (χ4v) is 2.15. The van der Waals surface area contributed by atoms with E-state index in [0.717, 1.165) is 25.8 Å². The Morgan fingerprint density at radius 3 is 2.67 bits per heavy atom. The number of esters is 2. The maximum Gasteiger partial charge on any atom is 0.323 e. The lowest BCUT2D eigenvalue weighted by Crippen LogP contribution is -2.48. The molecule has 5 nitrogen and oxygen atoms in total. The Labute approximate surface area is 108 Å². The second-order valence-corrected chi connectivity index (χ2v) is 4.77. The summed E-state index contributed by atoms with van der Waals surface area (Å²) in [6.07, 6.45) is 2.64. The van der Waals surface area contributed by atoms with Crippen molar-refractivity contribution in [1.82, 2.24) is 4.90 Å². The zero-order chi connectivity index (χ0) is 13.5. The van der Waals surface area contributed by atoms with Crippen LogP contribution in [-0.4, -0.2) is 48.7 Å². The second kappa shape index (κ2) is 7.36. The van der Waals surface area contributed by atoms with E-state index in [1.54, 1.807) is 6.92 Å². The van der Waals surface area contributed by atoms with Gasteiger partial charge in [-0.25, -0.2) is 0 Å². The van der Waals surface area contributed by atoms with Crippen molar-refractivity contribution in [1.29, 1.82) is 0 Å². The number of carbonyl (C=O) groups is 2. The zero-order valence-corrected chi connectivity index (χ0v) is 11.5. The molecule has 5 heteroatoms. The van der Waals surface area contributed by atoms with Crippen LogP contribution in [0, 0.1) is 0 Å². The lowest BCUT2D eigenvalue weighted by Gasteiger charge is -2.33. The van der Waals surface area contributed by atoms with Gasteiger partial charge in [-0.15, -0.1) is 0 Å². The number of carbonyl (C=O) groups excluding carboxylic acids is 2. The third kappa shape index (κ3) is 4.64. The van der Waals surface area contributed by atoms with E-state index in [4.69, 9.17) is 9.47 Å². The number of ether oxygens (including phenoxy) is 2. The maximum atomic E-state index is 11.8. The highest BCUT2D eigenvalue weighted by Crippen LogP contribution is 2.18. The highest BCUT2D eigenvalue weighted by atomic mass is 16.5. The molecule has 1 rings (SSSR count). The van der Waals surface area contributed by atoms with E-state index in [2.05, 4.69) is 0 Å². The minimum atomic E-state index is -0.293. The first kappa shape index (κ1) is 15.0. The normalized spacial score (nSPS) is 20.8. The van der Waals surface area contributed by atoms with Crippen LogP contribution in [0.5, 0.6) is 0 Å². The molecule has 1 fully saturated rings. The smallest absolute Gasteiger partial charge is 0.323 e. The number of likely N-dealkylation sites (tertiary alicyclic amines) is 1. The quantitative estimate of drug-likeness (QED) is 0.696. The Bertz CT molecular complexity index is 291. The molecule has 18 heavy (non-hydrogen) atoms. The molecular formula is C13H23NO4. The summed E-state index contributed by atoms with van der Waals surface area (Å²) in [4.78, 5) is 25.3. The number of piperidine rings is 1. The van der Waals surface area contributed by atoms with Crippen molar-refractivity contribution in [3.63, 3.8) is 0 Å². The molecule has 0 aromatic carbocycles.